The third kappa shape index (κ3) is 6.30. The molecule has 0 radical (unpaired) electrons. The Morgan fingerprint density at radius 3 is 2.50 bits per heavy atom. The fourth-order valence-electron chi connectivity index (χ4n) is 2.46. The zero-order chi connectivity index (χ0) is 20.4. The molecule has 0 unspecified atom stereocenters. The van der Waals surface area contributed by atoms with Crippen molar-refractivity contribution in [2.24, 2.45) is 0 Å². The standard InChI is InChI=1S/C22H27NO5/c1-4-6-13-27-19-12-11-17(14-20(19)26-5-2)22(25)28-15-21(24)23-18-10-8-7-9-16(18)3/h7-12,14H,4-6,13,15H2,1-3H3,(H,23,24). The predicted molar refractivity (Wildman–Crippen MR) is 108 cm³/mol. The van der Waals surface area contributed by atoms with Crippen molar-refractivity contribution in [1.82, 2.24) is 0 Å². The number of aryl methyl sites for hydroxylation is 1. The van der Waals surface area contributed by atoms with Crippen LogP contribution in [0.4, 0.5) is 5.69 Å². The van der Waals surface area contributed by atoms with E-state index in [2.05, 4.69) is 12.2 Å². The molecule has 2 aromatic rings. The summed E-state index contributed by atoms with van der Waals surface area (Å²) in [6.07, 6.45) is 1.96. The molecule has 2 aromatic carbocycles. The van der Waals surface area contributed by atoms with E-state index in [9.17, 15) is 9.59 Å². The fourth-order valence-corrected chi connectivity index (χ4v) is 2.46. The number of carbonyl (C=O) groups excluding carboxylic acids is 2. The molecular formula is C22H27NO5. The van der Waals surface area contributed by atoms with Gasteiger partial charge in [-0.1, -0.05) is 31.5 Å². The van der Waals surface area contributed by atoms with Crippen molar-refractivity contribution in [3.63, 3.8) is 0 Å². The van der Waals surface area contributed by atoms with Gasteiger partial charge in [0.15, 0.2) is 18.1 Å². The van der Waals surface area contributed by atoms with E-state index in [4.69, 9.17) is 14.2 Å². The first kappa shape index (κ1) is 21.3. The quantitative estimate of drug-likeness (QED) is 0.486. The van der Waals surface area contributed by atoms with Crippen LogP contribution in [0, 0.1) is 6.92 Å². The van der Waals surface area contributed by atoms with Gasteiger partial charge in [-0.25, -0.2) is 4.79 Å². The Labute approximate surface area is 165 Å². The first-order chi connectivity index (χ1) is 13.5. The van der Waals surface area contributed by atoms with Crippen LogP contribution in [0.15, 0.2) is 42.5 Å². The molecule has 0 bridgehead atoms. The van der Waals surface area contributed by atoms with Gasteiger partial charge < -0.3 is 19.5 Å². The van der Waals surface area contributed by atoms with Crippen LogP contribution >= 0.6 is 0 Å². The highest BCUT2D eigenvalue weighted by molar-refractivity contribution is 5.96. The number of ether oxygens (including phenoxy) is 3. The maximum Gasteiger partial charge on any atom is 0.338 e. The first-order valence-corrected chi connectivity index (χ1v) is 9.47. The summed E-state index contributed by atoms with van der Waals surface area (Å²) in [7, 11) is 0. The molecule has 2 rings (SSSR count). The molecule has 0 spiro atoms. The number of hydrogen-bond acceptors (Lipinski definition) is 5. The van der Waals surface area contributed by atoms with Gasteiger partial charge in [0.1, 0.15) is 0 Å². The van der Waals surface area contributed by atoms with Crippen LogP contribution in [0.5, 0.6) is 11.5 Å². The molecule has 28 heavy (non-hydrogen) atoms. The number of benzene rings is 2. The lowest BCUT2D eigenvalue weighted by Crippen LogP contribution is -2.21. The Balaban J connectivity index is 1.96. The van der Waals surface area contributed by atoms with Gasteiger partial charge in [0, 0.05) is 5.69 Å². The summed E-state index contributed by atoms with van der Waals surface area (Å²) in [5, 5.41) is 2.73. The molecule has 0 aromatic heterocycles. The van der Waals surface area contributed by atoms with E-state index in [1.165, 1.54) is 0 Å². The van der Waals surface area contributed by atoms with Crippen LogP contribution in [0.2, 0.25) is 0 Å². The molecule has 0 saturated carbocycles. The Bertz CT molecular complexity index is 803. The van der Waals surface area contributed by atoms with Gasteiger partial charge in [0.2, 0.25) is 0 Å². The average Bonchev–Trinajstić information content (AvgIpc) is 2.69. The van der Waals surface area contributed by atoms with Crippen LogP contribution in [-0.2, 0) is 9.53 Å². The Morgan fingerprint density at radius 2 is 1.79 bits per heavy atom. The van der Waals surface area contributed by atoms with Crippen molar-refractivity contribution < 1.29 is 23.8 Å². The number of esters is 1. The summed E-state index contributed by atoms with van der Waals surface area (Å²) >= 11 is 0. The minimum absolute atomic E-state index is 0.301. The Morgan fingerprint density at radius 1 is 1.00 bits per heavy atom. The van der Waals surface area contributed by atoms with Crippen LogP contribution < -0.4 is 14.8 Å². The summed E-state index contributed by atoms with van der Waals surface area (Å²) in [4.78, 5) is 24.3. The summed E-state index contributed by atoms with van der Waals surface area (Å²) in [5.74, 6) is 0.0785. The number of unbranched alkanes of at least 4 members (excludes halogenated alkanes) is 1. The van der Waals surface area contributed by atoms with Crippen LogP contribution in [0.3, 0.4) is 0 Å². The first-order valence-electron chi connectivity index (χ1n) is 9.47. The maximum atomic E-state index is 12.3. The van der Waals surface area contributed by atoms with Crippen molar-refractivity contribution in [3.05, 3.63) is 53.6 Å². The predicted octanol–water partition coefficient (Wildman–Crippen LogP) is 4.37. The fraction of sp³-hybridized carbons (Fsp3) is 0.364. The number of anilines is 1. The van der Waals surface area contributed by atoms with E-state index in [1.54, 1.807) is 24.3 Å². The van der Waals surface area contributed by atoms with Gasteiger partial charge in [-0.15, -0.1) is 0 Å². The van der Waals surface area contributed by atoms with E-state index in [0.29, 0.717) is 36.0 Å². The summed E-state index contributed by atoms with van der Waals surface area (Å²) < 4.78 is 16.4. The molecule has 0 atom stereocenters. The van der Waals surface area contributed by atoms with Crippen molar-refractivity contribution in [1.29, 1.82) is 0 Å². The van der Waals surface area contributed by atoms with Crippen LogP contribution in [0.1, 0.15) is 42.6 Å². The normalized spacial score (nSPS) is 10.2. The van der Waals surface area contributed by atoms with E-state index in [1.807, 2.05) is 32.0 Å². The Kier molecular flexibility index (Phi) is 8.34. The van der Waals surface area contributed by atoms with Gasteiger partial charge in [0.05, 0.1) is 18.8 Å². The molecule has 0 saturated heterocycles. The highest BCUT2D eigenvalue weighted by atomic mass is 16.5. The average molecular weight is 385 g/mol. The van der Waals surface area contributed by atoms with Gasteiger partial charge >= 0.3 is 5.97 Å². The summed E-state index contributed by atoms with van der Waals surface area (Å²) in [5.41, 5.74) is 1.92. The molecular weight excluding hydrogens is 358 g/mol. The molecule has 6 heteroatoms. The number of carbonyl (C=O) groups is 2. The molecule has 0 aliphatic carbocycles. The van der Waals surface area contributed by atoms with Gasteiger partial charge in [-0.2, -0.15) is 0 Å². The van der Waals surface area contributed by atoms with Crippen molar-refractivity contribution >= 4 is 17.6 Å². The minimum atomic E-state index is -0.596. The zero-order valence-corrected chi connectivity index (χ0v) is 16.6. The monoisotopic (exact) mass is 385 g/mol. The molecule has 1 amide bonds. The van der Waals surface area contributed by atoms with Crippen LogP contribution in [0.25, 0.3) is 0 Å². The third-order valence-corrected chi connectivity index (χ3v) is 3.99. The van der Waals surface area contributed by atoms with E-state index >= 15 is 0 Å². The SMILES string of the molecule is CCCCOc1ccc(C(=O)OCC(=O)Nc2ccccc2C)cc1OCC. The third-order valence-electron chi connectivity index (χ3n) is 3.99. The lowest BCUT2D eigenvalue weighted by Gasteiger charge is -2.13. The van der Waals surface area contributed by atoms with Gasteiger partial charge in [-0.05, 0) is 50.1 Å². The molecule has 150 valence electrons. The maximum absolute atomic E-state index is 12.3. The minimum Gasteiger partial charge on any atom is -0.490 e. The number of rotatable bonds is 10. The zero-order valence-electron chi connectivity index (χ0n) is 16.6. The second-order valence-corrected chi connectivity index (χ2v) is 6.24. The van der Waals surface area contributed by atoms with Crippen LogP contribution in [-0.4, -0.2) is 31.7 Å². The largest absolute Gasteiger partial charge is 0.490 e. The highest BCUT2D eigenvalue weighted by Crippen LogP contribution is 2.29. The smallest absolute Gasteiger partial charge is 0.338 e. The number of amides is 1. The van der Waals surface area contributed by atoms with Gasteiger partial charge in [0.25, 0.3) is 5.91 Å². The van der Waals surface area contributed by atoms with Crippen molar-refractivity contribution in [2.75, 3.05) is 25.1 Å². The van der Waals surface area contributed by atoms with E-state index < -0.39 is 11.9 Å². The van der Waals surface area contributed by atoms with Crippen molar-refractivity contribution in [3.8, 4) is 11.5 Å². The topological polar surface area (TPSA) is 73.9 Å². The molecule has 6 nitrogen and oxygen atoms in total. The molecule has 0 aliphatic rings. The lowest BCUT2D eigenvalue weighted by molar-refractivity contribution is -0.119. The molecule has 0 aliphatic heterocycles. The van der Waals surface area contributed by atoms with E-state index in [0.717, 1.165) is 18.4 Å². The number of para-hydroxylation sites is 1. The molecule has 0 fully saturated rings. The Hall–Kier alpha value is -3.02. The second kappa shape index (κ2) is 11.0. The summed E-state index contributed by atoms with van der Waals surface area (Å²) in [6, 6.07) is 12.3. The number of hydrogen-bond donors (Lipinski definition) is 1. The molecule has 0 heterocycles. The van der Waals surface area contributed by atoms with E-state index in [-0.39, 0.29) is 6.61 Å². The number of nitrogens with one attached hydrogen (secondary N) is 1. The summed E-state index contributed by atoms with van der Waals surface area (Å²) in [6.45, 7) is 6.49. The second-order valence-electron chi connectivity index (χ2n) is 6.24. The highest BCUT2D eigenvalue weighted by Gasteiger charge is 2.15. The van der Waals surface area contributed by atoms with Crippen molar-refractivity contribution in [2.45, 2.75) is 33.6 Å². The van der Waals surface area contributed by atoms with Gasteiger partial charge in [-0.3, -0.25) is 4.79 Å². The molecule has 1 N–H and O–H groups in total. The lowest BCUT2D eigenvalue weighted by atomic mass is 10.2.